The minimum atomic E-state index is -0.155. The molecule has 0 aliphatic carbocycles. The molecule has 0 unspecified atom stereocenters. The fourth-order valence-corrected chi connectivity index (χ4v) is 4.99. The van der Waals surface area contributed by atoms with Gasteiger partial charge in [0.05, 0.1) is 37.4 Å². The first-order valence-corrected chi connectivity index (χ1v) is 10.7. The number of hydrogen-bond donors (Lipinski definition) is 1. The van der Waals surface area contributed by atoms with Crippen molar-refractivity contribution in [3.05, 3.63) is 22.6 Å². The predicted octanol–water partition coefficient (Wildman–Crippen LogP) is 1.61. The van der Waals surface area contributed by atoms with E-state index < -0.39 is 0 Å². The Morgan fingerprint density at radius 1 is 1.29 bits per heavy atom. The summed E-state index contributed by atoms with van der Waals surface area (Å²) in [6.07, 6.45) is 2.65. The average molecular weight is 403 g/mol. The highest BCUT2D eigenvalue weighted by molar-refractivity contribution is 7.19. The van der Waals surface area contributed by atoms with Crippen LogP contribution in [-0.4, -0.2) is 69.5 Å². The Balaban J connectivity index is 1.34. The van der Waals surface area contributed by atoms with Crippen LogP contribution in [0.15, 0.2) is 6.33 Å². The molecule has 150 valence electrons. The molecule has 0 bridgehead atoms. The van der Waals surface area contributed by atoms with Crippen molar-refractivity contribution < 1.29 is 9.47 Å². The zero-order chi connectivity index (χ0) is 19.1. The van der Waals surface area contributed by atoms with Crippen LogP contribution < -0.4 is 5.32 Å². The van der Waals surface area contributed by atoms with Crippen molar-refractivity contribution in [3.8, 4) is 0 Å². The summed E-state index contributed by atoms with van der Waals surface area (Å²) in [4.78, 5) is 14.2. The van der Waals surface area contributed by atoms with Crippen LogP contribution >= 0.6 is 11.3 Å². The van der Waals surface area contributed by atoms with Crippen LogP contribution in [0.1, 0.15) is 30.1 Å². The van der Waals surface area contributed by atoms with Crippen LogP contribution in [-0.2, 0) is 29.0 Å². The molecule has 2 aliphatic heterocycles. The number of rotatable bonds is 5. The number of thiophene rings is 1. The second kappa shape index (κ2) is 7.31. The number of nitrogens with one attached hydrogen (secondary N) is 1. The predicted molar refractivity (Wildman–Crippen MR) is 108 cm³/mol. The molecule has 0 saturated carbocycles. The largest absolute Gasteiger partial charge is 0.379 e. The van der Waals surface area contributed by atoms with Crippen LogP contribution in [0.5, 0.6) is 0 Å². The van der Waals surface area contributed by atoms with Gasteiger partial charge in [0.15, 0.2) is 11.5 Å². The summed E-state index contributed by atoms with van der Waals surface area (Å²) >= 11 is 1.71. The summed E-state index contributed by atoms with van der Waals surface area (Å²) in [6, 6.07) is 0. The highest BCUT2D eigenvalue weighted by atomic mass is 32.1. The van der Waals surface area contributed by atoms with Crippen LogP contribution in [0, 0.1) is 0 Å². The maximum Gasteiger partial charge on any atom is 0.168 e. The smallest absolute Gasteiger partial charge is 0.168 e. The van der Waals surface area contributed by atoms with Gasteiger partial charge in [0, 0.05) is 37.5 Å². The second-order valence-corrected chi connectivity index (χ2v) is 9.16. The topological polar surface area (TPSA) is 76.8 Å². The first kappa shape index (κ1) is 18.4. The van der Waals surface area contributed by atoms with E-state index in [0.29, 0.717) is 13.2 Å². The summed E-state index contributed by atoms with van der Waals surface area (Å²) in [5.74, 6) is 0.808. The highest BCUT2D eigenvalue weighted by Crippen LogP contribution is 2.39. The molecule has 1 fully saturated rings. The van der Waals surface area contributed by atoms with E-state index in [4.69, 9.17) is 14.5 Å². The van der Waals surface area contributed by atoms with E-state index >= 15 is 0 Å². The number of ether oxygens (including phenoxy) is 2. The molecule has 3 aromatic heterocycles. The Hall–Kier alpha value is -1.65. The molecule has 3 aromatic rings. The first-order chi connectivity index (χ1) is 13.6. The molecule has 1 saturated heterocycles. The monoisotopic (exact) mass is 402 g/mol. The first-order valence-electron chi connectivity index (χ1n) is 9.88. The van der Waals surface area contributed by atoms with Gasteiger partial charge in [0.2, 0.25) is 0 Å². The van der Waals surface area contributed by atoms with Gasteiger partial charge in [-0.3, -0.25) is 4.90 Å². The van der Waals surface area contributed by atoms with Crippen molar-refractivity contribution in [3.63, 3.8) is 0 Å². The fraction of sp³-hybridized carbons (Fsp3) is 0.632. The molecule has 0 atom stereocenters. The number of hydrogen-bond acceptors (Lipinski definition) is 8. The lowest BCUT2D eigenvalue weighted by Crippen LogP contribution is -2.40. The van der Waals surface area contributed by atoms with Crippen LogP contribution in [0.3, 0.4) is 0 Å². The van der Waals surface area contributed by atoms with E-state index in [1.165, 1.54) is 10.4 Å². The third-order valence-electron chi connectivity index (χ3n) is 5.44. The molecular weight excluding hydrogens is 376 g/mol. The van der Waals surface area contributed by atoms with Gasteiger partial charge in [-0.05, 0) is 19.4 Å². The second-order valence-electron chi connectivity index (χ2n) is 8.08. The highest BCUT2D eigenvalue weighted by Gasteiger charge is 2.30. The number of aromatic nitrogens is 4. The van der Waals surface area contributed by atoms with E-state index in [1.807, 2.05) is 4.52 Å². The Bertz CT molecular complexity index is 991. The molecule has 5 heterocycles. The third kappa shape index (κ3) is 3.53. The van der Waals surface area contributed by atoms with E-state index in [2.05, 4.69) is 34.1 Å². The van der Waals surface area contributed by atoms with Gasteiger partial charge in [0.25, 0.3) is 0 Å². The molecule has 0 aromatic carbocycles. The molecule has 9 heteroatoms. The van der Waals surface area contributed by atoms with Crippen LogP contribution in [0.2, 0.25) is 0 Å². The SMILES string of the molecule is CC1(C)Cc2c(sc3ncn4nc(CNCCN5CCOCC5)nc4c23)CO1. The standard InChI is InChI=1S/C19H26N6O2S/c1-19(2)9-13-14(11-27-19)28-18-16(13)17-22-15(23-25(17)12-21-18)10-20-3-4-24-5-7-26-8-6-24/h12,20H,3-11H2,1-2H3. The molecule has 0 spiro atoms. The van der Waals surface area contributed by atoms with Crippen molar-refractivity contribution in [2.45, 2.75) is 39.0 Å². The number of morpholine rings is 1. The summed E-state index contributed by atoms with van der Waals surface area (Å²) in [6.45, 7) is 11.2. The quantitative estimate of drug-likeness (QED) is 0.650. The van der Waals surface area contributed by atoms with Gasteiger partial charge in [-0.1, -0.05) is 0 Å². The number of nitrogens with zero attached hydrogens (tertiary/aromatic N) is 5. The van der Waals surface area contributed by atoms with Gasteiger partial charge < -0.3 is 14.8 Å². The van der Waals surface area contributed by atoms with E-state index in [1.54, 1.807) is 17.7 Å². The summed E-state index contributed by atoms with van der Waals surface area (Å²) < 4.78 is 13.2. The fourth-order valence-electron chi connectivity index (χ4n) is 3.92. The Morgan fingerprint density at radius 2 is 2.14 bits per heavy atom. The summed E-state index contributed by atoms with van der Waals surface area (Å²) in [5, 5.41) is 9.25. The van der Waals surface area contributed by atoms with Gasteiger partial charge in [-0.2, -0.15) is 0 Å². The molecule has 28 heavy (non-hydrogen) atoms. The van der Waals surface area contributed by atoms with Crippen molar-refractivity contribution in [2.75, 3.05) is 39.4 Å². The Kier molecular flexibility index (Phi) is 4.80. The zero-order valence-electron chi connectivity index (χ0n) is 16.4. The average Bonchev–Trinajstić information content (AvgIpc) is 3.25. The van der Waals surface area contributed by atoms with Gasteiger partial charge in [-0.15, -0.1) is 16.4 Å². The molecule has 2 aliphatic rings. The van der Waals surface area contributed by atoms with E-state index in [9.17, 15) is 0 Å². The van der Waals surface area contributed by atoms with E-state index in [-0.39, 0.29) is 5.60 Å². The molecule has 8 nitrogen and oxygen atoms in total. The number of fused-ring (bicyclic) bond motifs is 5. The van der Waals surface area contributed by atoms with Crippen molar-refractivity contribution in [2.24, 2.45) is 0 Å². The lowest BCUT2D eigenvalue weighted by atomic mass is 9.94. The van der Waals surface area contributed by atoms with Crippen molar-refractivity contribution >= 4 is 27.2 Å². The third-order valence-corrected chi connectivity index (χ3v) is 6.56. The Morgan fingerprint density at radius 3 is 3.00 bits per heavy atom. The van der Waals surface area contributed by atoms with Crippen LogP contribution in [0.4, 0.5) is 0 Å². The normalized spacial score (nSPS) is 20.1. The van der Waals surface area contributed by atoms with Crippen molar-refractivity contribution in [1.29, 1.82) is 0 Å². The minimum Gasteiger partial charge on any atom is -0.379 e. The lowest BCUT2D eigenvalue weighted by Gasteiger charge is -2.30. The molecule has 0 radical (unpaired) electrons. The lowest BCUT2D eigenvalue weighted by molar-refractivity contribution is -0.0379. The minimum absolute atomic E-state index is 0.155. The maximum absolute atomic E-state index is 5.97. The summed E-state index contributed by atoms with van der Waals surface area (Å²) in [5.41, 5.74) is 2.08. The van der Waals surface area contributed by atoms with Crippen LogP contribution in [0.25, 0.3) is 15.9 Å². The summed E-state index contributed by atoms with van der Waals surface area (Å²) in [7, 11) is 0. The van der Waals surface area contributed by atoms with E-state index in [0.717, 1.165) is 67.5 Å². The van der Waals surface area contributed by atoms with Gasteiger partial charge in [0.1, 0.15) is 11.2 Å². The molecule has 1 N–H and O–H groups in total. The van der Waals surface area contributed by atoms with Crippen molar-refractivity contribution in [1.82, 2.24) is 29.8 Å². The van der Waals surface area contributed by atoms with Gasteiger partial charge in [-0.25, -0.2) is 14.5 Å². The molecule has 0 amide bonds. The molecular formula is C19H26N6O2S. The van der Waals surface area contributed by atoms with Gasteiger partial charge >= 0.3 is 0 Å². The zero-order valence-corrected chi connectivity index (χ0v) is 17.2. The molecule has 5 rings (SSSR count). The Labute approximate surface area is 167 Å². The maximum atomic E-state index is 5.97.